The molecule has 0 atom stereocenters. The maximum absolute atomic E-state index is 12.2. The highest BCUT2D eigenvalue weighted by Crippen LogP contribution is 2.21. The van der Waals surface area contributed by atoms with Crippen molar-refractivity contribution in [2.45, 2.75) is 11.3 Å². The van der Waals surface area contributed by atoms with Crippen LogP contribution in [0, 0.1) is 0 Å². The maximum atomic E-state index is 12.2. The summed E-state index contributed by atoms with van der Waals surface area (Å²) in [5, 5.41) is 3.58. The fourth-order valence-corrected chi connectivity index (χ4v) is 3.07. The molecule has 0 bridgehead atoms. The van der Waals surface area contributed by atoms with Gasteiger partial charge in [-0.25, -0.2) is 24.0 Å². The highest BCUT2D eigenvalue weighted by Gasteiger charge is 2.19. The van der Waals surface area contributed by atoms with Gasteiger partial charge in [-0.3, -0.25) is 0 Å². The SMILES string of the molecule is NNc1ncc(Br)cc1S(=O)(=O)NCCc1ncon1. The third-order valence-electron chi connectivity index (χ3n) is 2.29. The molecule has 0 fully saturated rings. The van der Waals surface area contributed by atoms with Crippen LogP contribution in [0.2, 0.25) is 0 Å². The van der Waals surface area contributed by atoms with E-state index in [4.69, 9.17) is 5.84 Å². The zero-order chi connectivity index (χ0) is 14.6. The average Bonchev–Trinajstić information content (AvgIpc) is 2.91. The molecule has 20 heavy (non-hydrogen) atoms. The quantitative estimate of drug-likeness (QED) is 0.483. The Morgan fingerprint density at radius 1 is 1.40 bits per heavy atom. The number of pyridine rings is 1. The Morgan fingerprint density at radius 3 is 2.85 bits per heavy atom. The standard InChI is InChI=1S/C9H11BrN6O3S/c10-6-3-7(9(15-11)12-4-6)20(17,18)14-2-1-8-13-5-19-16-8/h3-5,14H,1-2,11H2,(H,12,15). The van der Waals surface area contributed by atoms with Crippen LogP contribution in [-0.2, 0) is 16.4 Å². The van der Waals surface area contributed by atoms with Crippen LogP contribution >= 0.6 is 15.9 Å². The number of aromatic nitrogens is 3. The smallest absolute Gasteiger partial charge is 0.244 e. The van der Waals surface area contributed by atoms with E-state index in [-0.39, 0.29) is 17.3 Å². The zero-order valence-corrected chi connectivity index (χ0v) is 12.5. The van der Waals surface area contributed by atoms with Crippen molar-refractivity contribution in [3.8, 4) is 0 Å². The molecule has 0 aliphatic rings. The zero-order valence-electron chi connectivity index (χ0n) is 10.1. The van der Waals surface area contributed by atoms with Crippen molar-refractivity contribution >= 4 is 31.8 Å². The molecule has 0 aromatic carbocycles. The molecule has 0 unspecified atom stereocenters. The number of hydrogen-bond acceptors (Lipinski definition) is 8. The van der Waals surface area contributed by atoms with E-state index in [1.807, 2.05) is 0 Å². The summed E-state index contributed by atoms with van der Waals surface area (Å²) in [6.07, 6.45) is 2.93. The molecule has 4 N–H and O–H groups in total. The average molecular weight is 363 g/mol. The van der Waals surface area contributed by atoms with Crippen LogP contribution in [0.1, 0.15) is 5.82 Å². The van der Waals surface area contributed by atoms with Crippen LogP contribution in [-0.4, -0.2) is 30.1 Å². The Balaban J connectivity index is 2.11. The van der Waals surface area contributed by atoms with E-state index in [2.05, 4.69) is 45.7 Å². The summed E-state index contributed by atoms with van der Waals surface area (Å²) in [7, 11) is -3.75. The number of halogens is 1. The second-order valence-electron chi connectivity index (χ2n) is 3.64. The number of hydrogen-bond donors (Lipinski definition) is 3. The van der Waals surface area contributed by atoms with Crippen molar-refractivity contribution in [2.75, 3.05) is 12.0 Å². The fourth-order valence-electron chi connectivity index (χ4n) is 1.41. The summed E-state index contributed by atoms with van der Waals surface area (Å²) < 4.78 is 31.8. The van der Waals surface area contributed by atoms with Crippen molar-refractivity contribution in [1.29, 1.82) is 0 Å². The first-order chi connectivity index (χ1) is 9.53. The van der Waals surface area contributed by atoms with Crippen LogP contribution < -0.4 is 16.0 Å². The number of nitrogens with two attached hydrogens (primary N) is 1. The van der Waals surface area contributed by atoms with Crippen LogP contribution in [0.15, 0.2) is 32.5 Å². The van der Waals surface area contributed by atoms with Crippen LogP contribution in [0.3, 0.4) is 0 Å². The number of nitrogens with one attached hydrogen (secondary N) is 2. The number of rotatable bonds is 6. The van der Waals surface area contributed by atoms with Crippen molar-refractivity contribution in [1.82, 2.24) is 19.8 Å². The van der Waals surface area contributed by atoms with E-state index >= 15 is 0 Å². The first-order valence-electron chi connectivity index (χ1n) is 5.40. The summed E-state index contributed by atoms with van der Waals surface area (Å²) in [6.45, 7) is 0.123. The Bertz CT molecular complexity index is 675. The van der Waals surface area contributed by atoms with E-state index < -0.39 is 10.0 Å². The minimum atomic E-state index is -3.75. The predicted molar refractivity (Wildman–Crippen MR) is 72.9 cm³/mol. The normalized spacial score (nSPS) is 11.5. The topological polar surface area (TPSA) is 136 Å². The summed E-state index contributed by atoms with van der Waals surface area (Å²) in [5.74, 6) is 5.72. The molecule has 108 valence electrons. The number of nitrogens with zero attached hydrogens (tertiary/aromatic N) is 3. The molecule has 0 radical (unpaired) electrons. The van der Waals surface area contributed by atoms with E-state index in [0.29, 0.717) is 16.7 Å². The van der Waals surface area contributed by atoms with Gasteiger partial charge in [0.25, 0.3) is 0 Å². The molecule has 0 amide bonds. The van der Waals surface area contributed by atoms with Crippen LogP contribution in [0.5, 0.6) is 0 Å². The molecule has 0 saturated heterocycles. The third kappa shape index (κ3) is 3.50. The molecular weight excluding hydrogens is 352 g/mol. The lowest BCUT2D eigenvalue weighted by atomic mass is 10.4. The lowest BCUT2D eigenvalue weighted by molar-refractivity contribution is 0.410. The molecular formula is C9H11BrN6O3S. The third-order valence-corrected chi connectivity index (χ3v) is 4.20. The molecule has 0 saturated carbocycles. The largest absolute Gasteiger partial charge is 0.343 e. The van der Waals surface area contributed by atoms with E-state index in [1.54, 1.807) is 0 Å². The predicted octanol–water partition coefficient (Wildman–Crippen LogP) is 0.0337. The van der Waals surface area contributed by atoms with Gasteiger partial charge in [0.15, 0.2) is 11.6 Å². The van der Waals surface area contributed by atoms with Gasteiger partial charge in [-0.15, -0.1) is 0 Å². The molecule has 0 spiro atoms. The molecule has 2 heterocycles. The molecule has 9 nitrogen and oxygen atoms in total. The van der Waals surface area contributed by atoms with Crippen molar-refractivity contribution in [3.05, 3.63) is 29.0 Å². The number of hydrazine groups is 1. The Labute approximate surface area is 123 Å². The Morgan fingerprint density at radius 2 is 2.20 bits per heavy atom. The maximum Gasteiger partial charge on any atom is 0.244 e. The first kappa shape index (κ1) is 14.8. The van der Waals surface area contributed by atoms with Gasteiger partial charge >= 0.3 is 0 Å². The monoisotopic (exact) mass is 362 g/mol. The number of sulfonamides is 1. The lowest BCUT2D eigenvalue weighted by Gasteiger charge is -2.10. The van der Waals surface area contributed by atoms with Crippen molar-refractivity contribution in [3.63, 3.8) is 0 Å². The lowest BCUT2D eigenvalue weighted by Crippen LogP contribution is -2.28. The molecule has 11 heteroatoms. The van der Waals surface area contributed by atoms with Gasteiger partial charge in [-0.05, 0) is 22.0 Å². The minimum Gasteiger partial charge on any atom is -0.343 e. The molecule has 2 aromatic rings. The van der Waals surface area contributed by atoms with Gasteiger partial charge < -0.3 is 9.95 Å². The fraction of sp³-hybridized carbons (Fsp3) is 0.222. The first-order valence-corrected chi connectivity index (χ1v) is 7.67. The second-order valence-corrected chi connectivity index (χ2v) is 6.29. The highest BCUT2D eigenvalue weighted by molar-refractivity contribution is 9.10. The van der Waals surface area contributed by atoms with E-state index in [1.165, 1.54) is 18.7 Å². The van der Waals surface area contributed by atoms with E-state index in [9.17, 15) is 8.42 Å². The van der Waals surface area contributed by atoms with Crippen molar-refractivity contribution in [2.24, 2.45) is 5.84 Å². The summed E-state index contributed by atoms with van der Waals surface area (Å²) in [6, 6.07) is 1.40. The Hall–Kier alpha value is -1.56. The molecule has 0 aliphatic carbocycles. The molecule has 2 rings (SSSR count). The van der Waals surface area contributed by atoms with Crippen LogP contribution in [0.25, 0.3) is 0 Å². The molecule has 2 aromatic heterocycles. The summed E-state index contributed by atoms with van der Waals surface area (Å²) in [4.78, 5) is 7.62. The van der Waals surface area contributed by atoms with Gasteiger partial charge in [0, 0.05) is 23.6 Å². The van der Waals surface area contributed by atoms with Gasteiger partial charge in [-0.2, -0.15) is 4.98 Å². The highest BCUT2D eigenvalue weighted by atomic mass is 79.9. The van der Waals surface area contributed by atoms with E-state index in [0.717, 1.165) is 0 Å². The number of nitrogen functional groups attached to an aromatic ring is 1. The van der Waals surface area contributed by atoms with Gasteiger partial charge in [0.2, 0.25) is 16.4 Å². The minimum absolute atomic E-state index is 0.0533. The van der Waals surface area contributed by atoms with Gasteiger partial charge in [0.05, 0.1) is 0 Å². The van der Waals surface area contributed by atoms with Crippen molar-refractivity contribution < 1.29 is 12.9 Å². The van der Waals surface area contributed by atoms with Gasteiger partial charge in [-0.1, -0.05) is 5.16 Å². The summed E-state index contributed by atoms with van der Waals surface area (Å²) in [5.41, 5.74) is 2.24. The van der Waals surface area contributed by atoms with Crippen LogP contribution in [0.4, 0.5) is 5.82 Å². The molecule has 0 aliphatic heterocycles. The second kappa shape index (κ2) is 6.26. The van der Waals surface area contributed by atoms with Gasteiger partial charge in [0.1, 0.15) is 4.90 Å². The Kier molecular flexibility index (Phi) is 4.65. The number of anilines is 1. The summed E-state index contributed by atoms with van der Waals surface area (Å²) >= 11 is 3.16.